The monoisotopic (exact) mass is 208 g/mol. The highest BCUT2D eigenvalue weighted by Gasteiger charge is 2.44. The summed E-state index contributed by atoms with van der Waals surface area (Å²) >= 11 is 0. The predicted octanol–water partition coefficient (Wildman–Crippen LogP) is -1.91. The van der Waals surface area contributed by atoms with Gasteiger partial charge in [-0.05, 0) is 0 Å². The van der Waals surface area contributed by atoms with Crippen LogP contribution >= 0.6 is 0 Å². The molecule has 0 bridgehead atoms. The van der Waals surface area contributed by atoms with E-state index in [9.17, 15) is 10.2 Å². The molecule has 1 aliphatic rings. The summed E-state index contributed by atoms with van der Waals surface area (Å²) in [5, 5.41) is 28.0. The van der Waals surface area contributed by atoms with Crippen LogP contribution in [0.5, 0.6) is 0 Å². The highest BCUT2D eigenvalue weighted by atomic mass is 16.7. The van der Waals surface area contributed by atoms with Gasteiger partial charge in [0.2, 0.25) is 0 Å². The van der Waals surface area contributed by atoms with Crippen LogP contribution in [0.3, 0.4) is 0 Å². The highest BCUT2D eigenvalue weighted by molar-refractivity contribution is 4.90. The molecule has 5 atom stereocenters. The van der Waals surface area contributed by atoms with Gasteiger partial charge in [0, 0.05) is 14.2 Å². The Hall–Kier alpha value is -0.240. The lowest BCUT2D eigenvalue weighted by molar-refractivity contribution is -0.295. The van der Waals surface area contributed by atoms with Crippen molar-refractivity contribution in [2.24, 2.45) is 0 Å². The van der Waals surface area contributed by atoms with Crippen molar-refractivity contribution in [1.29, 1.82) is 0 Å². The molecule has 3 N–H and O–H groups in total. The smallest absolute Gasteiger partial charge is 0.184 e. The molecule has 6 heteroatoms. The van der Waals surface area contributed by atoms with E-state index in [0.717, 1.165) is 0 Å². The van der Waals surface area contributed by atoms with Crippen LogP contribution in [0, 0.1) is 0 Å². The molecule has 1 fully saturated rings. The third kappa shape index (κ3) is 2.05. The number of hydrogen-bond donors (Lipinski definition) is 3. The second-order valence-corrected chi connectivity index (χ2v) is 3.14. The summed E-state index contributed by atoms with van der Waals surface area (Å²) in [4.78, 5) is 0. The van der Waals surface area contributed by atoms with Gasteiger partial charge in [-0.1, -0.05) is 0 Å². The van der Waals surface area contributed by atoms with Gasteiger partial charge in [-0.2, -0.15) is 0 Å². The zero-order chi connectivity index (χ0) is 10.7. The first-order valence-electron chi connectivity index (χ1n) is 4.33. The standard InChI is InChI=1S/C8H16O6/c1-12-6-4(3-9)14-8(11)7(13-2)5(6)10/h4-11H,3H2,1-2H3/t4-,5+,6-,7-,8-/m1/s1. The van der Waals surface area contributed by atoms with Crippen LogP contribution in [0.25, 0.3) is 0 Å². The molecule has 1 heterocycles. The van der Waals surface area contributed by atoms with Crippen molar-refractivity contribution >= 4 is 0 Å². The van der Waals surface area contributed by atoms with E-state index in [1.54, 1.807) is 0 Å². The molecule has 0 unspecified atom stereocenters. The Balaban J connectivity index is 2.72. The molecule has 0 radical (unpaired) electrons. The van der Waals surface area contributed by atoms with Gasteiger partial charge in [0.15, 0.2) is 6.29 Å². The Morgan fingerprint density at radius 1 is 1.14 bits per heavy atom. The topological polar surface area (TPSA) is 88.4 Å². The minimum atomic E-state index is -1.25. The van der Waals surface area contributed by atoms with E-state index in [1.165, 1.54) is 14.2 Å². The minimum Gasteiger partial charge on any atom is -0.394 e. The number of rotatable bonds is 3. The van der Waals surface area contributed by atoms with Crippen LogP contribution in [-0.2, 0) is 14.2 Å². The van der Waals surface area contributed by atoms with Crippen molar-refractivity contribution in [3.05, 3.63) is 0 Å². The van der Waals surface area contributed by atoms with Crippen LogP contribution in [0.1, 0.15) is 0 Å². The molecule has 0 saturated carbocycles. The van der Waals surface area contributed by atoms with Gasteiger partial charge < -0.3 is 29.5 Å². The molecular formula is C8H16O6. The normalized spacial score (nSPS) is 43.9. The maximum Gasteiger partial charge on any atom is 0.184 e. The molecule has 0 spiro atoms. The fourth-order valence-corrected chi connectivity index (χ4v) is 1.60. The molecule has 0 amide bonds. The maximum atomic E-state index is 9.70. The van der Waals surface area contributed by atoms with Gasteiger partial charge in [0.1, 0.15) is 24.4 Å². The summed E-state index contributed by atoms with van der Waals surface area (Å²) in [6.07, 6.45) is -4.57. The van der Waals surface area contributed by atoms with Crippen molar-refractivity contribution in [3.63, 3.8) is 0 Å². The summed E-state index contributed by atoms with van der Waals surface area (Å²) in [5.74, 6) is 0. The van der Waals surface area contributed by atoms with Crippen LogP contribution in [-0.4, -0.2) is 66.9 Å². The van der Waals surface area contributed by atoms with Crippen molar-refractivity contribution in [2.75, 3.05) is 20.8 Å². The van der Waals surface area contributed by atoms with Crippen LogP contribution in [0.4, 0.5) is 0 Å². The Labute approximate surface area is 82.0 Å². The van der Waals surface area contributed by atoms with E-state index in [4.69, 9.17) is 19.3 Å². The Bertz CT molecular complexity index is 175. The molecule has 1 rings (SSSR count). The number of aliphatic hydroxyl groups excluding tert-OH is 3. The van der Waals surface area contributed by atoms with E-state index in [-0.39, 0.29) is 6.61 Å². The molecule has 0 aromatic rings. The van der Waals surface area contributed by atoms with Crippen LogP contribution in [0.2, 0.25) is 0 Å². The molecule has 1 saturated heterocycles. The third-order valence-electron chi connectivity index (χ3n) is 2.36. The van der Waals surface area contributed by atoms with Gasteiger partial charge in [-0.3, -0.25) is 0 Å². The lowest BCUT2D eigenvalue weighted by Crippen LogP contribution is -2.59. The van der Waals surface area contributed by atoms with E-state index in [1.807, 2.05) is 0 Å². The number of methoxy groups -OCH3 is 2. The third-order valence-corrected chi connectivity index (χ3v) is 2.36. The van der Waals surface area contributed by atoms with Gasteiger partial charge in [0.05, 0.1) is 6.61 Å². The molecule has 84 valence electrons. The van der Waals surface area contributed by atoms with Gasteiger partial charge in [0.25, 0.3) is 0 Å². The summed E-state index contributed by atoms with van der Waals surface area (Å²) in [5.41, 5.74) is 0. The van der Waals surface area contributed by atoms with E-state index in [2.05, 4.69) is 0 Å². The predicted molar refractivity (Wildman–Crippen MR) is 45.6 cm³/mol. The molecule has 0 aliphatic carbocycles. The highest BCUT2D eigenvalue weighted by Crippen LogP contribution is 2.23. The van der Waals surface area contributed by atoms with Gasteiger partial charge in [-0.25, -0.2) is 0 Å². The number of ether oxygens (including phenoxy) is 3. The fraction of sp³-hybridized carbons (Fsp3) is 1.00. The zero-order valence-corrected chi connectivity index (χ0v) is 8.16. The largest absolute Gasteiger partial charge is 0.394 e. The van der Waals surface area contributed by atoms with Crippen LogP contribution < -0.4 is 0 Å². The average molecular weight is 208 g/mol. The Kier molecular flexibility index (Phi) is 4.24. The van der Waals surface area contributed by atoms with Crippen molar-refractivity contribution < 1.29 is 29.5 Å². The lowest BCUT2D eigenvalue weighted by Gasteiger charge is -2.40. The van der Waals surface area contributed by atoms with Crippen LogP contribution in [0.15, 0.2) is 0 Å². The summed E-state index contributed by atoms with van der Waals surface area (Å²) in [6, 6.07) is 0. The summed E-state index contributed by atoms with van der Waals surface area (Å²) in [7, 11) is 2.75. The quantitative estimate of drug-likeness (QED) is 0.501. The van der Waals surface area contributed by atoms with Crippen molar-refractivity contribution in [1.82, 2.24) is 0 Å². The van der Waals surface area contributed by atoms with Gasteiger partial charge in [-0.15, -0.1) is 0 Å². The number of aliphatic hydroxyl groups is 3. The second-order valence-electron chi connectivity index (χ2n) is 3.14. The van der Waals surface area contributed by atoms with Gasteiger partial charge >= 0.3 is 0 Å². The Morgan fingerprint density at radius 3 is 2.14 bits per heavy atom. The number of hydrogen-bond acceptors (Lipinski definition) is 6. The van der Waals surface area contributed by atoms with E-state index in [0.29, 0.717) is 0 Å². The molecule has 6 nitrogen and oxygen atoms in total. The molecular weight excluding hydrogens is 192 g/mol. The Morgan fingerprint density at radius 2 is 1.71 bits per heavy atom. The summed E-state index contributed by atoms with van der Waals surface area (Å²) in [6.45, 7) is -0.330. The van der Waals surface area contributed by atoms with Crippen molar-refractivity contribution in [2.45, 2.75) is 30.7 Å². The molecule has 1 aliphatic heterocycles. The SMILES string of the molecule is CO[C@@H]1[C@@H](O)[C@H](OC)[C@@H](CO)O[C@H]1O. The minimum absolute atomic E-state index is 0.330. The van der Waals surface area contributed by atoms with E-state index < -0.39 is 30.7 Å². The second kappa shape index (κ2) is 5.01. The van der Waals surface area contributed by atoms with Crippen molar-refractivity contribution in [3.8, 4) is 0 Å². The first-order chi connectivity index (χ1) is 6.65. The average Bonchev–Trinajstić information content (AvgIpc) is 2.17. The van der Waals surface area contributed by atoms with E-state index >= 15 is 0 Å². The molecule has 0 aromatic carbocycles. The lowest BCUT2D eigenvalue weighted by atomic mass is 9.99. The zero-order valence-electron chi connectivity index (χ0n) is 8.16. The fourth-order valence-electron chi connectivity index (χ4n) is 1.60. The maximum absolute atomic E-state index is 9.70. The summed E-state index contributed by atoms with van der Waals surface area (Å²) < 4.78 is 14.8. The first-order valence-corrected chi connectivity index (χ1v) is 4.33. The first kappa shape index (κ1) is 11.8. The molecule has 14 heavy (non-hydrogen) atoms. The molecule has 0 aromatic heterocycles.